The fraction of sp³-hybridized carbons (Fsp3) is 0. The number of anilines is 1. The van der Waals surface area contributed by atoms with Crippen molar-refractivity contribution >= 4 is 33.4 Å². The van der Waals surface area contributed by atoms with Crippen molar-refractivity contribution in [2.24, 2.45) is 0 Å². The molecule has 7 heteroatoms. The number of amides is 1. The molecule has 4 rings (SSSR count). The molecule has 6 nitrogen and oxygen atoms in total. The number of carbonyl (C=O) groups excluding carboxylic acids is 1. The molecule has 0 aliphatic carbocycles. The van der Waals surface area contributed by atoms with Gasteiger partial charge in [0.15, 0.2) is 5.13 Å². The fourth-order valence-electron chi connectivity index (χ4n) is 2.20. The lowest BCUT2D eigenvalue weighted by molar-refractivity contribution is 0.102. The number of nitrogens with one attached hydrogen (secondary N) is 2. The number of hydrogen-bond donors (Lipinski definition) is 2. The van der Waals surface area contributed by atoms with Crippen molar-refractivity contribution in [2.45, 2.75) is 0 Å². The van der Waals surface area contributed by atoms with Crippen molar-refractivity contribution in [3.63, 3.8) is 0 Å². The molecular formula is C15H10N4O2S. The minimum atomic E-state index is -0.231. The molecule has 1 aromatic carbocycles. The van der Waals surface area contributed by atoms with Crippen LogP contribution in [0.25, 0.3) is 22.4 Å². The first kappa shape index (κ1) is 12.8. The van der Waals surface area contributed by atoms with Gasteiger partial charge in [0.1, 0.15) is 17.6 Å². The van der Waals surface area contributed by atoms with E-state index < -0.39 is 0 Å². The van der Waals surface area contributed by atoms with E-state index in [4.69, 9.17) is 4.42 Å². The zero-order chi connectivity index (χ0) is 14.9. The molecular weight excluding hydrogens is 300 g/mol. The number of rotatable bonds is 3. The van der Waals surface area contributed by atoms with Crippen molar-refractivity contribution in [1.29, 1.82) is 0 Å². The molecule has 4 aromatic rings. The van der Waals surface area contributed by atoms with Gasteiger partial charge >= 0.3 is 0 Å². The first-order valence-corrected chi connectivity index (χ1v) is 7.41. The van der Waals surface area contributed by atoms with E-state index in [2.05, 4.69) is 20.3 Å². The number of carbonyl (C=O) groups is 1. The van der Waals surface area contributed by atoms with Crippen molar-refractivity contribution in [3.8, 4) is 11.4 Å². The summed E-state index contributed by atoms with van der Waals surface area (Å²) >= 11 is 1.37. The predicted molar refractivity (Wildman–Crippen MR) is 83.9 cm³/mol. The number of para-hydroxylation sites is 1. The Hall–Kier alpha value is -2.93. The number of aromatic amines is 1. The van der Waals surface area contributed by atoms with Crippen LogP contribution in [0.2, 0.25) is 0 Å². The van der Waals surface area contributed by atoms with Crippen LogP contribution in [0.3, 0.4) is 0 Å². The number of thiazole rings is 1. The molecule has 0 bridgehead atoms. The van der Waals surface area contributed by atoms with Gasteiger partial charge in [0.25, 0.3) is 5.91 Å². The molecule has 0 fully saturated rings. The quantitative estimate of drug-likeness (QED) is 0.606. The van der Waals surface area contributed by atoms with Gasteiger partial charge in [-0.3, -0.25) is 10.1 Å². The van der Waals surface area contributed by atoms with Gasteiger partial charge in [0, 0.05) is 11.6 Å². The Labute approximate surface area is 128 Å². The molecule has 0 unspecified atom stereocenters. The van der Waals surface area contributed by atoms with Crippen LogP contribution in [0.5, 0.6) is 0 Å². The van der Waals surface area contributed by atoms with Gasteiger partial charge in [-0.2, -0.15) is 0 Å². The van der Waals surface area contributed by atoms with E-state index in [1.165, 1.54) is 11.3 Å². The number of benzene rings is 1. The lowest BCUT2D eigenvalue weighted by Crippen LogP contribution is -2.12. The Morgan fingerprint density at radius 3 is 3.05 bits per heavy atom. The molecule has 0 spiro atoms. The highest BCUT2D eigenvalue weighted by molar-refractivity contribution is 7.13. The van der Waals surface area contributed by atoms with Gasteiger partial charge in [-0.15, -0.1) is 11.3 Å². The Morgan fingerprint density at radius 1 is 1.32 bits per heavy atom. The third kappa shape index (κ3) is 2.17. The average molecular weight is 310 g/mol. The van der Waals surface area contributed by atoms with Gasteiger partial charge in [-0.25, -0.2) is 9.97 Å². The van der Waals surface area contributed by atoms with Gasteiger partial charge in [0.2, 0.25) is 0 Å². The number of hydrogen-bond acceptors (Lipinski definition) is 5. The summed E-state index contributed by atoms with van der Waals surface area (Å²) in [7, 11) is 0. The van der Waals surface area contributed by atoms with E-state index >= 15 is 0 Å². The largest absolute Gasteiger partial charge is 0.472 e. The number of imidazole rings is 1. The van der Waals surface area contributed by atoms with Crippen LogP contribution in [-0.2, 0) is 0 Å². The Morgan fingerprint density at radius 2 is 2.27 bits per heavy atom. The highest BCUT2D eigenvalue weighted by Gasteiger charge is 2.15. The van der Waals surface area contributed by atoms with Crippen molar-refractivity contribution in [3.05, 3.63) is 53.9 Å². The molecule has 22 heavy (non-hydrogen) atoms. The third-order valence-electron chi connectivity index (χ3n) is 3.20. The number of fused-ring (bicyclic) bond motifs is 1. The van der Waals surface area contributed by atoms with Crippen molar-refractivity contribution in [1.82, 2.24) is 15.0 Å². The SMILES string of the molecule is O=C(Nc1nccs1)c1cccc2[nH]c(-c3ccoc3)nc12. The summed E-state index contributed by atoms with van der Waals surface area (Å²) in [6.07, 6.45) is 4.83. The number of H-pyrrole nitrogens is 1. The van der Waals surface area contributed by atoms with E-state index in [9.17, 15) is 4.79 Å². The molecule has 0 saturated carbocycles. The number of nitrogens with zero attached hydrogens (tertiary/aromatic N) is 2. The Balaban J connectivity index is 1.76. The molecule has 0 aliphatic heterocycles. The zero-order valence-corrected chi connectivity index (χ0v) is 12.1. The highest BCUT2D eigenvalue weighted by Crippen LogP contribution is 2.24. The first-order valence-electron chi connectivity index (χ1n) is 6.53. The van der Waals surface area contributed by atoms with E-state index in [0.29, 0.717) is 22.0 Å². The van der Waals surface area contributed by atoms with Gasteiger partial charge < -0.3 is 9.40 Å². The van der Waals surface area contributed by atoms with E-state index in [0.717, 1.165) is 11.1 Å². The van der Waals surface area contributed by atoms with Crippen LogP contribution in [0, 0.1) is 0 Å². The fourth-order valence-corrected chi connectivity index (χ4v) is 2.72. The smallest absolute Gasteiger partial charge is 0.259 e. The average Bonchev–Trinajstić information content (AvgIpc) is 3.26. The third-order valence-corrected chi connectivity index (χ3v) is 3.89. The van der Waals surface area contributed by atoms with Crippen LogP contribution >= 0.6 is 11.3 Å². The molecule has 2 N–H and O–H groups in total. The van der Waals surface area contributed by atoms with Crippen LogP contribution in [0.4, 0.5) is 5.13 Å². The second-order valence-electron chi connectivity index (χ2n) is 4.59. The van der Waals surface area contributed by atoms with Crippen LogP contribution in [-0.4, -0.2) is 20.9 Å². The Bertz CT molecular complexity index is 926. The normalized spacial score (nSPS) is 10.9. The molecule has 0 radical (unpaired) electrons. The molecule has 0 atom stereocenters. The summed E-state index contributed by atoms with van der Waals surface area (Å²) < 4.78 is 5.07. The summed E-state index contributed by atoms with van der Waals surface area (Å²) in [6.45, 7) is 0. The van der Waals surface area contributed by atoms with Crippen LogP contribution in [0.15, 0.2) is 52.8 Å². The van der Waals surface area contributed by atoms with E-state index in [-0.39, 0.29) is 5.91 Å². The summed E-state index contributed by atoms with van der Waals surface area (Å²) in [4.78, 5) is 24.2. The lowest BCUT2D eigenvalue weighted by Gasteiger charge is -2.02. The summed E-state index contributed by atoms with van der Waals surface area (Å²) in [5.41, 5.74) is 2.75. The summed E-state index contributed by atoms with van der Waals surface area (Å²) in [5, 5.41) is 5.14. The highest BCUT2D eigenvalue weighted by atomic mass is 32.1. The van der Waals surface area contributed by atoms with E-state index in [1.54, 1.807) is 24.8 Å². The first-order chi connectivity index (χ1) is 10.8. The predicted octanol–water partition coefficient (Wildman–Crippen LogP) is 3.53. The standard InChI is InChI=1S/C15H10N4O2S/c20-14(19-15-16-5-7-22-15)10-2-1-3-11-12(10)18-13(17-11)9-4-6-21-8-9/h1-8H,(H,17,18)(H,16,19,20). The second kappa shape index (κ2) is 5.12. The lowest BCUT2D eigenvalue weighted by atomic mass is 10.2. The number of furan rings is 1. The summed E-state index contributed by atoms with van der Waals surface area (Å²) in [6, 6.07) is 7.25. The van der Waals surface area contributed by atoms with Crippen LogP contribution in [0.1, 0.15) is 10.4 Å². The topological polar surface area (TPSA) is 83.8 Å². The monoisotopic (exact) mass is 310 g/mol. The minimum Gasteiger partial charge on any atom is -0.472 e. The molecule has 108 valence electrons. The molecule has 3 aromatic heterocycles. The minimum absolute atomic E-state index is 0.231. The Kier molecular flexibility index (Phi) is 2.97. The van der Waals surface area contributed by atoms with Crippen molar-refractivity contribution in [2.75, 3.05) is 5.32 Å². The molecule has 0 saturated heterocycles. The van der Waals surface area contributed by atoms with Gasteiger partial charge in [0.05, 0.1) is 22.9 Å². The molecule has 3 heterocycles. The maximum Gasteiger partial charge on any atom is 0.259 e. The van der Waals surface area contributed by atoms with Crippen LogP contribution < -0.4 is 5.32 Å². The maximum absolute atomic E-state index is 12.4. The molecule has 0 aliphatic rings. The van der Waals surface area contributed by atoms with Gasteiger partial charge in [-0.05, 0) is 18.2 Å². The second-order valence-corrected chi connectivity index (χ2v) is 5.49. The number of aromatic nitrogens is 3. The molecule has 1 amide bonds. The van der Waals surface area contributed by atoms with Crippen molar-refractivity contribution < 1.29 is 9.21 Å². The maximum atomic E-state index is 12.4. The summed E-state index contributed by atoms with van der Waals surface area (Å²) in [5.74, 6) is 0.434. The van der Waals surface area contributed by atoms with E-state index in [1.807, 2.05) is 23.6 Å². The van der Waals surface area contributed by atoms with Gasteiger partial charge in [-0.1, -0.05) is 6.07 Å². The zero-order valence-electron chi connectivity index (χ0n) is 11.2.